The van der Waals surface area contributed by atoms with Gasteiger partial charge in [-0.2, -0.15) is 5.10 Å². The van der Waals surface area contributed by atoms with Crippen LogP contribution in [0.5, 0.6) is 0 Å². The fourth-order valence-electron chi connectivity index (χ4n) is 1.75. The smallest absolute Gasteiger partial charge is 0.299 e. The van der Waals surface area contributed by atoms with Crippen molar-refractivity contribution in [3.05, 3.63) is 26.5 Å². The first-order valence-electron chi connectivity index (χ1n) is 5.67. The number of aryl methyl sites for hydroxylation is 2. The highest BCUT2D eigenvalue weighted by Crippen LogP contribution is 2.21. The molecule has 10 heteroatoms. The molecule has 0 aliphatic rings. The van der Waals surface area contributed by atoms with E-state index in [2.05, 4.69) is 20.6 Å². The largest absolute Gasteiger partial charge is 0.312 e. The summed E-state index contributed by atoms with van der Waals surface area (Å²) in [4.78, 5) is 22.2. The van der Waals surface area contributed by atoms with E-state index < -0.39 is 4.92 Å². The van der Waals surface area contributed by atoms with Gasteiger partial charge in [0.1, 0.15) is 22.9 Å². The Balaban J connectivity index is 2.12. The summed E-state index contributed by atoms with van der Waals surface area (Å²) in [6.07, 6.45) is 0. The van der Waals surface area contributed by atoms with Gasteiger partial charge >= 0.3 is 5.69 Å². The molecule has 0 saturated heterocycles. The standard InChI is InChI=1S/C10H12N6O3S/c1-5-9(16(18)19)6(2)15(14-5)4-8(17)11-10-13-12-7(3)20-10/h4H2,1-3H3,(H,11,13,17). The minimum absolute atomic E-state index is 0.0652. The molecule has 0 spiro atoms. The Kier molecular flexibility index (Phi) is 3.74. The van der Waals surface area contributed by atoms with Crippen LogP contribution in [0.1, 0.15) is 16.4 Å². The fourth-order valence-corrected chi connectivity index (χ4v) is 2.36. The monoisotopic (exact) mass is 296 g/mol. The molecule has 0 unspecified atom stereocenters. The van der Waals surface area contributed by atoms with Crippen molar-refractivity contribution in [1.29, 1.82) is 0 Å². The third-order valence-corrected chi connectivity index (χ3v) is 3.35. The first-order valence-corrected chi connectivity index (χ1v) is 6.48. The predicted octanol–water partition coefficient (Wildman–Crippen LogP) is 1.21. The minimum Gasteiger partial charge on any atom is -0.299 e. The van der Waals surface area contributed by atoms with Gasteiger partial charge in [-0.05, 0) is 20.8 Å². The molecule has 106 valence electrons. The lowest BCUT2D eigenvalue weighted by molar-refractivity contribution is -0.386. The Hall–Kier alpha value is -2.36. The molecule has 1 N–H and O–H groups in total. The van der Waals surface area contributed by atoms with Crippen molar-refractivity contribution in [1.82, 2.24) is 20.0 Å². The molecule has 0 atom stereocenters. The van der Waals surface area contributed by atoms with Gasteiger partial charge in [0, 0.05) is 0 Å². The van der Waals surface area contributed by atoms with Gasteiger partial charge in [0.05, 0.1) is 4.92 Å². The summed E-state index contributed by atoms with van der Waals surface area (Å²) >= 11 is 1.25. The number of nitrogens with zero attached hydrogens (tertiary/aromatic N) is 5. The summed E-state index contributed by atoms with van der Waals surface area (Å²) in [5.41, 5.74) is 0.563. The zero-order valence-corrected chi connectivity index (χ0v) is 11.9. The number of nitrogens with one attached hydrogen (secondary N) is 1. The number of carbonyl (C=O) groups excluding carboxylic acids is 1. The first kappa shape index (κ1) is 14.1. The van der Waals surface area contributed by atoms with E-state index in [9.17, 15) is 14.9 Å². The molecular formula is C10H12N6O3S. The zero-order chi connectivity index (χ0) is 14.9. The third kappa shape index (κ3) is 2.79. The molecule has 0 saturated carbocycles. The fraction of sp³-hybridized carbons (Fsp3) is 0.400. The minimum atomic E-state index is -0.500. The average molecular weight is 296 g/mol. The maximum atomic E-state index is 11.8. The van der Waals surface area contributed by atoms with Crippen molar-refractivity contribution in [3.63, 3.8) is 0 Å². The second-order valence-electron chi connectivity index (χ2n) is 4.11. The van der Waals surface area contributed by atoms with Gasteiger partial charge in [-0.1, -0.05) is 11.3 Å². The second kappa shape index (κ2) is 5.33. The van der Waals surface area contributed by atoms with E-state index in [1.54, 1.807) is 13.8 Å². The van der Waals surface area contributed by atoms with Crippen LogP contribution in [0.3, 0.4) is 0 Å². The Morgan fingerprint density at radius 2 is 2.10 bits per heavy atom. The van der Waals surface area contributed by atoms with E-state index in [0.29, 0.717) is 10.8 Å². The summed E-state index contributed by atoms with van der Waals surface area (Å²) in [6, 6.07) is 0. The molecule has 2 rings (SSSR count). The first-order chi connectivity index (χ1) is 9.38. The van der Waals surface area contributed by atoms with Gasteiger partial charge in [0.25, 0.3) is 0 Å². The van der Waals surface area contributed by atoms with Crippen molar-refractivity contribution < 1.29 is 9.72 Å². The van der Waals surface area contributed by atoms with Crippen molar-refractivity contribution in [2.75, 3.05) is 5.32 Å². The van der Waals surface area contributed by atoms with Gasteiger partial charge in [0.2, 0.25) is 11.0 Å². The van der Waals surface area contributed by atoms with Crippen LogP contribution < -0.4 is 5.32 Å². The lowest BCUT2D eigenvalue weighted by Gasteiger charge is -2.03. The molecular weight excluding hydrogens is 284 g/mol. The Morgan fingerprint density at radius 1 is 1.40 bits per heavy atom. The van der Waals surface area contributed by atoms with Crippen LogP contribution in [0, 0.1) is 30.9 Å². The van der Waals surface area contributed by atoms with Crippen LogP contribution >= 0.6 is 11.3 Å². The van der Waals surface area contributed by atoms with Crippen molar-refractivity contribution in [2.24, 2.45) is 0 Å². The van der Waals surface area contributed by atoms with E-state index in [0.717, 1.165) is 5.01 Å². The van der Waals surface area contributed by atoms with Crippen LogP contribution in [-0.4, -0.2) is 30.8 Å². The Morgan fingerprint density at radius 3 is 2.60 bits per heavy atom. The zero-order valence-electron chi connectivity index (χ0n) is 11.1. The molecule has 2 aromatic rings. The summed E-state index contributed by atoms with van der Waals surface area (Å²) in [7, 11) is 0. The second-order valence-corrected chi connectivity index (χ2v) is 5.29. The number of carbonyl (C=O) groups is 1. The maximum Gasteiger partial charge on any atom is 0.312 e. The molecule has 20 heavy (non-hydrogen) atoms. The third-order valence-electron chi connectivity index (χ3n) is 2.59. The Labute approximate surface area is 117 Å². The molecule has 0 bridgehead atoms. The van der Waals surface area contributed by atoms with E-state index in [-0.39, 0.29) is 23.8 Å². The molecule has 0 aliphatic carbocycles. The van der Waals surface area contributed by atoms with Crippen molar-refractivity contribution >= 4 is 28.1 Å². The quantitative estimate of drug-likeness (QED) is 0.669. The number of hydrogen-bond donors (Lipinski definition) is 1. The number of aromatic nitrogens is 4. The SMILES string of the molecule is Cc1nnc(NC(=O)Cn2nc(C)c([N+](=O)[O-])c2C)s1. The molecule has 1 amide bonds. The van der Waals surface area contributed by atoms with E-state index >= 15 is 0 Å². The number of anilines is 1. The highest BCUT2D eigenvalue weighted by molar-refractivity contribution is 7.15. The lowest BCUT2D eigenvalue weighted by atomic mass is 10.3. The number of hydrogen-bond acceptors (Lipinski definition) is 7. The summed E-state index contributed by atoms with van der Waals surface area (Å²) in [6.45, 7) is 4.75. The molecule has 0 aliphatic heterocycles. The van der Waals surface area contributed by atoms with E-state index in [4.69, 9.17) is 0 Å². The van der Waals surface area contributed by atoms with Gasteiger partial charge in [-0.15, -0.1) is 10.2 Å². The molecule has 0 radical (unpaired) electrons. The Bertz CT molecular complexity index is 677. The van der Waals surface area contributed by atoms with Crippen molar-refractivity contribution in [2.45, 2.75) is 27.3 Å². The van der Waals surface area contributed by atoms with Crippen molar-refractivity contribution in [3.8, 4) is 0 Å². The molecule has 2 aromatic heterocycles. The summed E-state index contributed by atoms with van der Waals surface area (Å²) < 4.78 is 1.30. The van der Waals surface area contributed by atoms with Crippen LogP contribution in [0.2, 0.25) is 0 Å². The molecule has 0 aromatic carbocycles. The number of amides is 1. The van der Waals surface area contributed by atoms with E-state index in [1.807, 2.05) is 0 Å². The van der Waals surface area contributed by atoms with Gasteiger partial charge < -0.3 is 0 Å². The number of nitro groups is 1. The topological polar surface area (TPSA) is 116 Å². The molecule has 2 heterocycles. The summed E-state index contributed by atoms with van der Waals surface area (Å²) in [5, 5.41) is 26.1. The van der Waals surface area contributed by atoms with Crippen LogP contribution in [0.25, 0.3) is 0 Å². The van der Waals surface area contributed by atoms with E-state index in [1.165, 1.54) is 22.9 Å². The molecule has 9 nitrogen and oxygen atoms in total. The molecule has 0 fully saturated rings. The van der Waals surface area contributed by atoms with Crippen LogP contribution in [0.15, 0.2) is 0 Å². The van der Waals surface area contributed by atoms with Gasteiger partial charge in [0.15, 0.2) is 0 Å². The average Bonchev–Trinajstić information content (AvgIpc) is 2.84. The summed E-state index contributed by atoms with van der Waals surface area (Å²) in [5.74, 6) is -0.360. The van der Waals surface area contributed by atoms with Gasteiger partial charge in [-0.3, -0.25) is 24.9 Å². The normalized spacial score (nSPS) is 10.6. The van der Waals surface area contributed by atoms with Crippen LogP contribution in [-0.2, 0) is 11.3 Å². The maximum absolute atomic E-state index is 11.8. The highest BCUT2D eigenvalue weighted by Gasteiger charge is 2.22. The van der Waals surface area contributed by atoms with Gasteiger partial charge in [-0.25, -0.2) is 0 Å². The van der Waals surface area contributed by atoms with Crippen LogP contribution in [0.4, 0.5) is 10.8 Å². The number of rotatable bonds is 4. The predicted molar refractivity (Wildman–Crippen MR) is 71.6 cm³/mol. The highest BCUT2D eigenvalue weighted by atomic mass is 32.1. The lowest BCUT2D eigenvalue weighted by Crippen LogP contribution is -2.20.